The summed E-state index contributed by atoms with van der Waals surface area (Å²) in [6.45, 7) is 3.22. The fraction of sp³-hybridized carbons (Fsp3) is 0.227. The smallest absolute Gasteiger partial charge is 0.276 e. The fourth-order valence-corrected chi connectivity index (χ4v) is 3.60. The zero-order chi connectivity index (χ0) is 21.3. The van der Waals surface area contributed by atoms with Crippen LogP contribution < -0.4 is 5.32 Å². The molecule has 0 radical (unpaired) electrons. The molecule has 3 aromatic rings. The Labute approximate surface area is 178 Å². The molecule has 0 atom stereocenters. The van der Waals surface area contributed by atoms with Gasteiger partial charge in [0.1, 0.15) is 11.5 Å². The summed E-state index contributed by atoms with van der Waals surface area (Å²) < 4.78 is 15.0. The Morgan fingerprint density at radius 3 is 2.80 bits per heavy atom. The Kier molecular flexibility index (Phi) is 5.55. The number of rotatable bonds is 4. The molecule has 1 aromatic heterocycles. The fourth-order valence-electron chi connectivity index (χ4n) is 3.42. The quantitative estimate of drug-likeness (QED) is 0.677. The van der Waals surface area contributed by atoms with Crippen LogP contribution in [0.3, 0.4) is 0 Å². The molecule has 6 nitrogen and oxygen atoms in total. The van der Waals surface area contributed by atoms with E-state index < -0.39 is 5.91 Å². The van der Waals surface area contributed by atoms with Crippen LogP contribution in [0.2, 0.25) is 5.02 Å². The average Bonchev–Trinajstić information content (AvgIpc) is 3.08. The van der Waals surface area contributed by atoms with Crippen LogP contribution >= 0.6 is 11.6 Å². The van der Waals surface area contributed by atoms with Gasteiger partial charge < -0.3 is 10.2 Å². The molecule has 2 amide bonds. The average molecular weight is 427 g/mol. The lowest BCUT2D eigenvalue weighted by Crippen LogP contribution is -2.30. The lowest BCUT2D eigenvalue weighted by Gasteiger charge is -2.20. The predicted molar refractivity (Wildman–Crippen MR) is 112 cm³/mol. The number of aromatic nitrogens is 2. The van der Waals surface area contributed by atoms with Gasteiger partial charge in [-0.3, -0.25) is 14.3 Å². The number of aryl methyl sites for hydroxylation is 2. The van der Waals surface area contributed by atoms with E-state index in [-0.39, 0.29) is 17.4 Å². The van der Waals surface area contributed by atoms with E-state index in [2.05, 4.69) is 10.4 Å². The summed E-state index contributed by atoms with van der Waals surface area (Å²) in [5.41, 5.74) is 2.68. The molecule has 0 saturated heterocycles. The number of hydrogen-bond acceptors (Lipinski definition) is 3. The third kappa shape index (κ3) is 4.21. The van der Waals surface area contributed by atoms with E-state index in [1.54, 1.807) is 33.8 Å². The molecule has 0 aliphatic carbocycles. The molecule has 0 saturated carbocycles. The van der Waals surface area contributed by atoms with Crippen LogP contribution in [0.4, 0.5) is 10.1 Å². The van der Waals surface area contributed by atoms with Crippen molar-refractivity contribution in [3.8, 4) is 0 Å². The number of halogens is 2. The first-order valence-corrected chi connectivity index (χ1v) is 9.97. The maximum atomic E-state index is 13.5. The number of fused-ring (bicyclic) bond motifs is 1. The molecule has 30 heavy (non-hydrogen) atoms. The lowest BCUT2D eigenvalue weighted by atomic mass is 10.2. The second kappa shape index (κ2) is 8.28. The summed E-state index contributed by atoms with van der Waals surface area (Å²) >= 11 is 6.11. The molecule has 8 heteroatoms. The van der Waals surface area contributed by atoms with Crippen molar-refractivity contribution in [1.29, 1.82) is 0 Å². The molecule has 4 rings (SSSR count). The summed E-state index contributed by atoms with van der Waals surface area (Å²) in [6, 6.07) is 12.9. The van der Waals surface area contributed by atoms with Gasteiger partial charge in [-0.2, -0.15) is 5.10 Å². The number of amides is 2. The van der Waals surface area contributed by atoms with Crippen LogP contribution in [0.1, 0.15) is 38.5 Å². The highest BCUT2D eigenvalue weighted by Crippen LogP contribution is 2.21. The summed E-state index contributed by atoms with van der Waals surface area (Å²) in [7, 11) is 0. The third-order valence-corrected chi connectivity index (χ3v) is 5.42. The normalized spacial score (nSPS) is 13.7. The first-order chi connectivity index (χ1) is 14.4. The van der Waals surface area contributed by atoms with Crippen molar-refractivity contribution >= 4 is 29.1 Å². The van der Waals surface area contributed by atoms with Gasteiger partial charge in [0, 0.05) is 36.4 Å². The second-order valence-electron chi connectivity index (χ2n) is 7.27. The van der Waals surface area contributed by atoms with Crippen LogP contribution in [0.5, 0.6) is 0 Å². The number of hydrogen-bond donors (Lipinski definition) is 1. The Morgan fingerprint density at radius 1 is 1.20 bits per heavy atom. The molecule has 1 aliphatic heterocycles. The number of carbonyl (C=O) groups excluding carboxylic acids is 2. The zero-order valence-electron chi connectivity index (χ0n) is 16.4. The number of anilines is 1. The standard InChI is InChI=1S/C22H20ClFN4O2/c1-14-6-7-17(11-18(14)23)25-21(29)19-12-20-22(30)27(8-3-9-28(20)26-19)13-15-4-2-5-16(24)10-15/h2,4-7,10-12H,3,8-9,13H2,1H3,(H,25,29). The Morgan fingerprint density at radius 2 is 2.03 bits per heavy atom. The van der Waals surface area contributed by atoms with Crippen molar-refractivity contribution in [2.24, 2.45) is 0 Å². The Hall–Kier alpha value is -3.19. The van der Waals surface area contributed by atoms with Gasteiger partial charge in [0.2, 0.25) is 0 Å². The van der Waals surface area contributed by atoms with Crippen LogP contribution in [0.25, 0.3) is 0 Å². The van der Waals surface area contributed by atoms with Crippen molar-refractivity contribution in [2.75, 3.05) is 11.9 Å². The van der Waals surface area contributed by atoms with E-state index in [9.17, 15) is 14.0 Å². The number of benzene rings is 2. The third-order valence-electron chi connectivity index (χ3n) is 5.01. The highest BCUT2D eigenvalue weighted by Gasteiger charge is 2.26. The Bertz CT molecular complexity index is 1130. The lowest BCUT2D eigenvalue weighted by molar-refractivity contribution is 0.0745. The van der Waals surface area contributed by atoms with Gasteiger partial charge >= 0.3 is 0 Å². The topological polar surface area (TPSA) is 67.2 Å². The zero-order valence-corrected chi connectivity index (χ0v) is 17.1. The van der Waals surface area contributed by atoms with Crippen molar-refractivity contribution in [3.05, 3.63) is 81.9 Å². The van der Waals surface area contributed by atoms with Crippen molar-refractivity contribution < 1.29 is 14.0 Å². The van der Waals surface area contributed by atoms with Gasteiger partial charge in [0.25, 0.3) is 11.8 Å². The number of nitrogens with one attached hydrogen (secondary N) is 1. The van der Waals surface area contributed by atoms with E-state index in [4.69, 9.17) is 11.6 Å². The molecule has 0 fully saturated rings. The van der Waals surface area contributed by atoms with Crippen LogP contribution in [0.15, 0.2) is 48.5 Å². The van der Waals surface area contributed by atoms with E-state index in [0.717, 1.165) is 5.56 Å². The molecule has 1 aliphatic rings. The van der Waals surface area contributed by atoms with Gasteiger partial charge in [-0.05, 0) is 48.7 Å². The van der Waals surface area contributed by atoms with Crippen LogP contribution in [-0.2, 0) is 13.1 Å². The van der Waals surface area contributed by atoms with E-state index in [1.165, 1.54) is 18.2 Å². The van der Waals surface area contributed by atoms with Crippen molar-refractivity contribution in [1.82, 2.24) is 14.7 Å². The molecule has 0 spiro atoms. The Balaban J connectivity index is 1.53. The monoisotopic (exact) mass is 426 g/mol. The van der Waals surface area contributed by atoms with Crippen LogP contribution in [0, 0.1) is 12.7 Å². The maximum absolute atomic E-state index is 13.5. The van der Waals surface area contributed by atoms with Gasteiger partial charge in [-0.25, -0.2) is 4.39 Å². The van der Waals surface area contributed by atoms with Gasteiger partial charge in [0.15, 0.2) is 5.69 Å². The summed E-state index contributed by atoms with van der Waals surface area (Å²) in [6.07, 6.45) is 0.685. The molecule has 154 valence electrons. The van der Waals surface area contributed by atoms with Crippen molar-refractivity contribution in [3.63, 3.8) is 0 Å². The number of nitrogens with zero attached hydrogens (tertiary/aromatic N) is 3. The van der Waals surface area contributed by atoms with Crippen molar-refractivity contribution in [2.45, 2.75) is 26.4 Å². The first kappa shape index (κ1) is 20.1. The van der Waals surface area contributed by atoms with E-state index in [0.29, 0.717) is 48.0 Å². The number of carbonyl (C=O) groups is 2. The molecule has 0 unspecified atom stereocenters. The van der Waals surface area contributed by atoms with Crippen LogP contribution in [-0.4, -0.2) is 33.0 Å². The molecule has 2 heterocycles. The van der Waals surface area contributed by atoms with E-state index in [1.807, 2.05) is 13.0 Å². The predicted octanol–water partition coefficient (Wildman–Crippen LogP) is 4.28. The summed E-state index contributed by atoms with van der Waals surface area (Å²) in [5.74, 6) is -0.989. The molecule has 2 aromatic carbocycles. The minimum absolute atomic E-state index is 0.155. The summed E-state index contributed by atoms with van der Waals surface area (Å²) in [4.78, 5) is 27.3. The SMILES string of the molecule is Cc1ccc(NC(=O)c2cc3n(n2)CCCN(Cc2cccc(F)c2)C3=O)cc1Cl. The molecular formula is C22H20ClFN4O2. The molecule has 0 bridgehead atoms. The van der Waals surface area contributed by atoms with E-state index >= 15 is 0 Å². The molecule has 1 N–H and O–H groups in total. The second-order valence-corrected chi connectivity index (χ2v) is 7.67. The highest BCUT2D eigenvalue weighted by atomic mass is 35.5. The largest absolute Gasteiger partial charge is 0.333 e. The minimum Gasteiger partial charge on any atom is -0.333 e. The van der Waals surface area contributed by atoms with Gasteiger partial charge in [-0.1, -0.05) is 29.8 Å². The first-order valence-electron chi connectivity index (χ1n) is 9.60. The minimum atomic E-state index is -0.417. The summed E-state index contributed by atoms with van der Waals surface area (Å²) in [5, 5.41) is 7.63. The van der Waals surface area contributed by atoms with Gasteiger partial charge in [-0.15, -0.1) is 0 Å². The highest BCUT2D eigenvalue weighted by molar-refractivity contribution is 6.31. The molecular weight excluding hydrogens is 407 g/mol. The maximum Gasteiger partial charge on any atom is 0.276 e. The van der Waals surface area contributed by atoms with Gasteiger partial charge in [0.05, 0.1) is 0 Å².